The van der Waals surface area contributed by atoms with Crippen molar-refractivity contribution in [2.75, 3.05) is 5.43 Å². The molecule has 0 fully saturated rings. The third kappa shape index (κ3) is 6.56. The molecular formula is C14H13N8NaO4S. The minimum Gasteiger partial charge on any atom is -0.744 e. The van der Waals surface area contributed by atoms with Crippen LogP contribution < -0.4 is 35.0 Å². The third-order valence-electron chi connectivity index (χ3n) is 3.03. The van der Waals surface area contributed by atoms with Gasteiger partial charge in [0.25, 0.3) is 0 Å². The fraction of sp³-hybridized carbons (Fsp3) is 0. The number of rotatable bonds is 5. The zero-order chi connectivity index (χ0) is 18.4. The molecule has 0 aliphatic heterocycles. The van der Waals surface area contributed by atoms with Crippen molar-refractivity contribution in [1.29, 1.82) is 0 Å². The van der Waals surface area contributed by atoms with Gasteiger partial charge in [0.1, 0.15) is 10.1 Å². The maximum absolute atomic E-state index is 10.9. The summed E-state index contributed by atoms with van der Waals surface area (Å²) in [5, 5.41) is 24.9. The van der Waals surface area contributed by atoms with Crippen molar-refractivity contribution >= 4 is 27.6 Å². The Morgan fingerprint density at radius 2 is 1.75 bits per heavy atom. The number of nitrogens with one attached hydrogen (secondary N) is 2. The van der Waals surface area contributed by atoms with E-state index in [1.165, 1.54) is 24.3 Å². The Morgan fingerprint density at radius 1 is 1.07 bits per heavy atom. The summed E-state index contributed by atoms with van der Waals surface area (Å²) in [4.78, 5) is -0.327. The van der Waals surface area contributed by atoms with Crippen LogP contribution in [0.3, 0.4) is 0 Å². The predicted octanol–water partition coefficient (Wildman–Crippen LogP) is -2.16. The van der Waals surface area contributed by atoms with Gasteiger partial charge >= 0.3 is 35.5 Å². The van der Waals surface area contributed by atoms with E-state index in [-0.39, 0.29) is 51.7 Å². The van der Waals surface area contributed by atoms with Gasteiger partial charge in [0.05, 0.1) is 10.6 Å². The fourth-order valence-electron chi connectivity index (χ4n) is 1.84. The molecule has 0 atom stereocenters. The van der Waals surface area contributed by atoms with Crippen LogP contribution in [0.5, 0.6) is 0 Å². The van der Waals surface area contributed by atoms with Crippen molar-refractivity contribution in [3.8, 4) is 0 Å². The summed E-state index contributed by atoms with van der Waals surface area (Å²) >= 11 is 0. The van der Waals surface area contributed by atoms with Gasteiger partial charge in [-0.25, -0.2) is 8.42 Å². The topological polar surface area (TPSA) is 192 Å². The molecule has 0 bridgehead atoms. The standard InChI is InChI=1S/C14H12N8O3S.Na.H2O/c23-26(24,25)12-8-6-11(7-9-12)15-16-13(10-4-2-1-3-5-10)17-18-14-19-21-22-20-14;;/h1-9,15H,(H,23,24,25)(H,19,20,21,22);;1H2/q;+1;/p-1/b16-13+,18-17?;;. The number of benzene rings is 2. The molecule has 0 spiro atoms. The average Bonchev–Trinajstić information content (AvgIpc) is 3.16. The second kappa shape index (κ2) is 10.7. The zero-order valence-corrected chi connectivity index (χ0v) is 17.3. The van der Waals surface area contributed by atoms with Crippen molar-refractivity contribution in [3.05, 3.63) is 60.2 Å². The Hall–Kier alpha value is -2.55. The Labute approximate surface area is 181 Å². The number of aromatic amines is 1. The first-order valence-electron chi connectivity index (χ1n) is 7.13. The molecule has 2 aromatic carbocycles. The van der Waals surface area contributed by atoms with E-state index in [1.54, 1.807) is 12.1 Å². The number of tetrazole rings is 1. The van der Waals surface area contributed by atoms with E-state index in [0.29, 0.717) is 11.3 Å². The van der Waals surface area contributed by atoms with E-state index >= 15 is 0 Å². The van der Waals surface area contributed by atoms with Gasteiger partial charge in [-0.15, -0.1) is 15.3 Å². The van der Waals surface area contributed by atoms with Gasteiger partial charge in [0, 0.05) is 5.56 Å². The summed E-state index contributed by atoms with van der Waals surface area (Å²) in [7, 11) is -4.50. The molecule has 140 valence electrons. The van der Waals surface area contributed by atoms with Gasteiger partial charge in [-0.1, -0.05) is 35.4 Å². The van der Waals surface area contributed by atoms with Gasteiger partial charge in [0.2, 0.25) is 5.84 Å². The minimum atomic E-state index is -4.50. The Bertz CT molecular complexity index is 1020. The van der Waals surface area contributed by atoms with Crippen LogP contribution in [0.1, 0.15) is 5.56 Å². The molecule has 4 N–H and O–H groups in total. The first-order chi connectivity index (χ1) is 12.5. The summed E-state index contributed by atoms with van der Waals surface area (Å²) < 4.78 is 32.8. The van der Waals surface area contributed by atoms with E-state index < -0.39 is 10.1 Å². The smallest absolute Gasteiger partial charge is 0.744 e. The number of anilines is 1. The van der Waals surface area contributed by atoms with Crippen molar-refractivity contribution < 1.29 is 48.0 Å². The van der Waals surface area contributed by atoms with Gasteiger partial charge in [0.15, 0.2) is 0 Å². The molecule has 0 unspecified atom stereocenters. The summed E-state index contributed by atoms with van der Waals surface area (Å²) in [5.74, 6) is 0.273. The van der Waals surface area contributed by atoms with Crippen LogP contribution in [0.2, 0.25) is 0 Å². The number of amidine groups is 1. The number of hydrogen-bond donors (Lipinski definition) is 2. The van der Waals surface area contributed by atoms with E-state index in [1.807, 2.05) is 18.2 Å². The first kappa shape index (κ1) is 23.5. The van der Waals surface area contributed by atoms with Crippen molar-refractivity contribution in [2.24, 2.45) is 15.3 Å². The summed E-state index contributed by atoms with van der Waals surface area (Å²) in [5.41, 5.74) is 3.86. The van der Waals surface area contributed by atoms with E-state index in [2.05, 4.69) is 41.4 Å². The van der Waals surface area contributed by atoms with Crippen molar-refractivity contribution in [2.45, 2.75) is 4.90 Å². The van der Waals surface area contributed by atoms with Crippen LogP contribution in [-0.2, 0) is 10.1 Å². The molecule has 0 radical (unpaired) electrons. The minimum absolute atomic E-state index is 0. The Morgan fingerprint density at radius 3 is 2.32 bits per heavy atom. The van der Waals surface area contributed by atoms with Crippen molar-refractivity contribution in [3.63, 3.8) is 0 Å². The molecule has 28 heavy (non-hydrogen) atoms. The molecule has 0 aliphatic rings. The predicted molar refractivity (Wildman–Crippen MR) is 93.3 cm³/mol. The number of hydrazone groups is 1. The third-order valence-corrected chi connectivity index (χ3v) is 3.88. The number of H-pyrrole nitrogens is 1. The molecule has 0 aliphatic carbocycles. The second-order valence-electron chi connectivity index (χ2n) is 4.80. The molecule has 14 heteroatoms. The quantitative estimate of drug-likeness (QED) is 0.119. The molecule has 1 heterocycles. The van der Waals surface area contributed by atoms with Gasteiger partial charge < -0.3 is 10.0 Å². The maximum atomic E-state index is 10.9. The largest absolute Gasteiger partial charge is 1.00 e. The van der Waals surface area contributed by atoms with Crippen LogP contribution >= 0.6 is 0 Å². The molecule has 0 saturated carbocycles. The summed E-state index contributed by atoms with van der Waals surface area (Å²) in [6.45, 7) is 0. The van der Waals surface area contributed by atoms with Crippen LogP contribution in [0.4, 0.5) is 11.6 Å². The first-order valence-corrected chi connectivity index (χ1v) is 8.53. The van der Waals surface area contributed by atoms with Gasteiger partial charge in [-0.2, -0.15) is 10.3 Å². The molecule has 3 rings (SSSR count). The van der Waals surface area contributed by atoms with Gasteiger partial charge in [-0.05, 0) is 29.5 Å². The fourth-order valence-corrected chi connectivity index (χ4v) is 2.31. The summed E-state index contributed by atoms with van der Waals surface area (Å²) in [6, 6.07) is 14.2. The number of hydrogen-bond acceptors (Lipinski definition) is 9. The Kier molecular flexibility index (Phi) is 8.98. The number of nitrogens with zero attached hydrogens (tertiary/aromatic N) is 6. The van der Waals surface area contributed by atoms with Crippen LogP contribution in [0, 0.1) is 0 Å². The molecule has 0 amide bonds. The molecule has 3 aromatic rings. The van der Waals surface area contributed by atoms with Crippen LogP contribution in [-0.4, -0.2) is 44.9 Å². The van der Waals surface area contributed by atoms with E-state index in [4.69, 9.17) is 0 Å². The average molecular weight is 412 g/mol. The molecule has 1 aromatic heterocycles. The zero-order valence-electron chi connectivity index (χ0n) is 14.5. The van der Waals surface area contributed by atoms with Crippen LogP contribution in [0.25, 0.3) is 0 Å². The van der Waals surface area contributed by atoms with Crippen molar-refractivity contribution in [1.82, 2.24) is 20.6 Å². The summed E-state index contributed by atoms with van der Waals surface area (Å²) in [6.07, 6.45) is 0. The monoisotopic (exact) mass is 412 g/mol. The molecule has 0 saturated heterocycles. The Balaban J connectivity index is 0.00000196. The maximum Gasteiger partial charge on any atom is 1.00 e. The number of azo groups is 1. The normalized spacial score (nSPS) is 11.5. The van der Waals surface area contributed by atoms with E-state index in [0.717, 1.165) is 0 Å². The molecular weight excluding hydrogens is 399 g/mol. The SMILES string of the molecule is O.O=S(=O)([O-])c1ccc(N/N=C(/N=Nc2nn[nH]n2)c2ccccc2)cc1.[Na+]. The van der Waals surface area contributed by atoms with Crippen LogP contribution in [0.15, 0.2) is 74.8 Å². The molecule has 12 nitrogen and oxygen atoms in total. The number of aromatic nitrogens is 4. The van der Waals surface area contributed by atoms with Gasteiger partial charge in [-0.3, -0.25) is 5.43 Å². The van der Waals surface area contributed by atoms with E-state index in [9.17, 15) is 13.0 Å². The second-order valence-corrected chi connectivity index (χ2v) is 6.18.